The molecule has 1 atom stereocenters. The second-order valence-electron chi connectivity index (χ2n) is 4.91. The van der Waals surface area contributed by atoms with Gasteiger partial charge in [0.25, 0.3) is 0 Å². The molecule has 2 rings (SSSR count). The molecule has 108 valence electrons. The number of aromatic carboxylic acids is 1. The Morgan fingerprint density at radius 2 is 2.25 bits per heavy atom. The van der Waals surface area contributed by atoms with Crippen molar-refractivity contribution in [2.45, 2.75) is 19.3 Å². The van der Waals surface area contributed by atoms with E-state index in [1.54, 1.807) is 12.1 Å². The third kappa shape index (κ3) is 3.80. The van der Waals surface area contributed by atoms with Crippen LogP contribution in [0.2, 0.25) is 0 Å². The molecule has 3 N–H and O–H groups in total. The summed E-state index contributed by atoms with van der Waals surface area (Å²) in [5.41, 5.74) is 0.421. The molecule has 1 aromatic carbocycles. The minimum absolute atomic E-state index is 0.0928. The molecule has 0 saturated carbocycles. The van der Waals surface area contributed by atoms with Gasteiger partial charge in [0.1, 0.15) is 0 Å². The molecule has 5 nitrogen and oxygen atoms in total. The molecule has 6 heteroatoms. The third-order valence-electron chi connectivity index (χ3n) is 3.45. The molecule has 0 radical (unpaired) electrons. The van der Waals surface area contributed by atoms with E-state index in [9.17, 15) is 9.59 Å². The maximum absolute atomic E-state index is 12.0. The number of anilines is 1. The quantitative estimate of drug-likeness (QED) is 0.769. The van der Waals surface area contributed by atoms with Crippen LogP contribution in [0.15, 0.2) is 22.7 Å². The van der Waals surface area contributed by atoms with Crippen molar-refractivity contribution in [3.05, 3.63) is 28.2 Å². The normalized spacial score (nSPS) is 17.9. The Morgan fingerprint density at radius 1 is 1.45 bits per heavy atom. The number of hydrogen-bond donors (Lipinski definition) is 3. The summed E-state index contributed by atoms with van der Waals surface area (Å²) in [5, 5.41) is 15.1. The molecular formula is C14H17BrN2O3. The van der Waals surface area contributed by atoms with Crippen LogP contribution < -0.4 is 10.6 Å². The van der Waals surface area contributed by atoms with Crippen LogP contribution in [0.1, 0.15) is 29.6 Å². The van der Waals surface area contributed by atoms with Gasteiger partial charge in [0, 0.05) is 10.9 Å². The Kier molecular flexibility index (Phi) is 5.14. The highest BCUT2D eigenvalue weighted by atomic mass is 79.9. The first kappa shape index (κ1) is 15.0. The van der Waals surface area contributed by atoms with E-state index in [0.29, 0.717) is 22.5 Å². The number of hydrogen-bond acceptors (Lipinski definition) is 3. The van der Waals surface area contributed by atoms with E-state index in [1.165, 1.54) is 6.07 Å². The van der Waals surface area contributed by atoms with Crippen LogP contribution in [0.3, 0.4) is 0 Å². The van der Waals surface area contributed by atoms with Gasteiger partial charge in [-0.3, -0.25) is 4.79 Å². The van der Waals surface area contributed by atoms with Gasteiger partial charge in [0.15, 0.2) is 0 Å². The molecule has 1 heterocycles. The van der Waals surface area contributed by atoms with Gasteiger partial charge >= 0.3 is 5.97 Å². The van der Waals surface area contributed by atoms with Crippen molar-refractivity contribution in [3.8, 4) is 0 Å². The maximum Gasteiger partial charge on any atom is 0.337 e. The molecule has 1 saturated heterocycles. The lowest BCUT2D eigenvalue weighted by molar-refractivity contribution is -0.116. The van der Waals surface area contributed by atoms with Gasteiger partial charge in [-0.15, -0.1) is 0 Å². The monoisotopic (exact) mass is 340 g/mol. The molecular weight excluding hydrogens is 324 g/mol. The lowest BCUT2D eigenvalue weighted by Gasteiger charge is -2.12. The number of carboxylic acid groups (broad SMARTS) is 1. The van der Waals surface area contributed by atoms with Crippen LogP contribution in [-0.2, 0) is 4.79 Å². The van der Waals surface area contributed by atoms with Gasteiger partial charge in [0.2, 0.25) is 5.91 Å². The van der Waals surface area contributed by atoms with E-state index in [0.717, 1.165) is 25.9 Å². The first-order chi connectivity index (χ1) is 9.58. The molecule has 1 aliphatic heterocycles. The summed E-state index contributed by atoms with van der Waals surface area (Å²) >= 11 is 3.27. The molecule has 1 amide bonds. The fourth-order valence-corrected chi connectivity index (χ4v) is 2.79. The SMILES string of the molecule is O=C(CCC1CCNC1)Nc1c(Br)cccc1C(=O)O. The minimum Gasteiger partial charge on any atom is -0.478 e. The van der Waals surface area contributed by atoms with Gasteiger partial charge in [-0.1, -0.05) is 6.07 Å². The summed E-state index contributed by atoms with van der Waals surface area (Å²) in [5.74, 6) is -0.660. The topological polar surface area (TPSA) is 78.4 Å². The van der Waals surface area contributed by atoms with Crippen molar-refractivity contribution < 1.29 is 14.7 Å². The van der Waals surface area contributed by atoms with E-state index < -0.39 is 5.97 Å². The molecule has 0 spiro atoms. The average Bonchev–Trinajstić information content (AvgIpc) is 2.91. The number of para-hydroxylation sites is 1. The summed E-state index contributed by atoms with van der Waals surface area (Å²) in [4.78, 5) is 23.1. The fourth-order valence-electron chi connectivity index (χ4n) is 2.33. The van der Waals surface area contributed by atoms with Crippen molar-refractivity contribution >= 4 is 33.5 Å². The van der Waals surface area contributed by atoms with Crippen molar-refractivity contribution in [1.29, 1.82) is 0 Å². The van der Waals surface area contributed by atoms with E-state index in [1.807, 2.05) is 0 Å². The predicted molar refractivity (Wildman–Crippen MR) is 79.9 cm³/mol. The fraction of sp³-hybridized carbons (Fsp3) is 0.429. The summed E-state index contributed by atoms with van der Waals surface area (Å²) < 4.78 is 0.577. The smallest absolute Gasteiger partial charge is 0.337 e. The zero-order chi connectivity index (χ0) is 14.5. The van der Waals surface area contributed by atoms with E-state index in [4.69, 9.17) is 5.11 Å². The molecule has 1 fully saturated rings. The molecule has 1 aliphatic rings. The van der Waals surface area contributed by atoms with Crippen LogP contribution in [0.5, 0.6) is 0 Å². The zero-order valence-electron chi connectivity index (χ0n) is 11.0. The van der Waals surface area contributed by atoms with E-state index in [2.05, 4.69) is 26.6 Å². The maximum atomic E-state index is 12.0. The second kappa shape index (κ2) is 6.85. The predicted octanol–water partition coefficient (Wildman–Crippen LogP) is 2.48. The van der Waals surface area contributed by atoms with Gasteiger partial charge in [0.05, 0.1) is 11.3 Å². The number of rotatable bonds is 5. The summed E-state index contributed by atoms with van der Waals surface area (Å²) in [7, 11) is 0. The molecule has 20 heavy (non-hydrogen) atoms. The Morgan fingerprint density at radius 3 is 2.90 bits per heavy atom. The number of benzene rings is 1. The molecule has 0 bridgehead atoms. The number of nitrogens with one attached hydrogen (secondary N) is 2. The van der Waals surface area contributed by atoms with Crippen LogP contribution >= 0.6 is 15.9 Å². The highest BCUT2D eigenvalue weighted by molar-refractivity contribution is 9.10. The highest BCUT2D eigenvalue weighted by Gasteiger charge is 2.18. The number of carboxylic acids is 1. The van der Waals surface area contributed by atoms with Crippen molar-refractivity contribution in [2.24, 2.45) is 5.92 Å². The summed E-state index contributed by atoms with van der Waals surface area (Å²) in [6, 6.07) is 4.82. The Balaban J connectivity index is 1.98. The van der Waals surface area contributed by atoms with E-state index >= 15 is 0 Å². The van der Waals surface area contributed by atoms with Gasteiger partial charge in [-0.25, -0.2) is 4.79 Å². The Labute approximate surface area is 125 Å². The van der Waals surface area contributed by atoms with Crippen LogP contribution in [0, 0.1) is 5.92 Å². The molecule has 1 aromatic rings. The van der Waals surface area contributed by atoms with Gasteiger partial charge < -0.3 is 15.7 Å². The van der Waals surface area contributed by atoms with Crippen LogP contribution in [0.25, 0.3) is 0 Å². The third-order valence-corrected chi connectivity index (χ3v) is 4.11. The summed E-state index contributed by atoms with van der Waals surface area (Å²) in [6.45, 7) is 1.97. The Bertz CT molecular complexity index is 513. The second-order valence-corrected chi connectivity index (χ2v) is 5.77. The minimum atomic E-state index is -1.05. The van der Waals surface area contributed by atoms with Gasteiger partial charge in [-0.2, -0.15) is 0 Å². The van der Waals surface area contributed by atoms with Crippen LogP contribution in [0.4, 0.5) is 5.69 Å². The Hall–Kier alpha value is -1.40. The van der Waals surface area contributed by atoms with Crippen molar-refractivity contribution in [1.82, 2.24) is 5.32 Å². The standard InChI is InChI=1S/C14H17BrN2O3/c15-11-3-1-2-10(14(19)20)13(11)17-12(18)5-4-9-6-7-16-8-9/h1-3,9,16H,4-8H2,(H,17,18)(H,19,20). The van der Waals surface area contributed by atoms with Crippen molar-refractivity contribution in [2.75, 3.05) is 18.4 Å². The van der Waals surface area contributed by atoms with Crippen molar-refractivity contribution in [3.63, 3.8) is 0 Å². The molecule has 0 aliphatic carbocycles. The zero-order valence-corrected chi connectivity index (χ0v) is 12.6. The summed E-state index contributed by atoms with van der Waals surface area (Å²) in [6.07, 6.45) is 2.33. The van der Waals surface area contributed by atoms with E-state index in [-0.39, 0.29) is 11.5 Å². The lowest BCUT2D eigenvalue weighted by atomic mass is 10.0. The molecule has 1 unspecified atom stereocenters. The van der Waals surface area contributed by atoms with Gasteiger partial charge in [-0.05, 0) is 59.9 Å². The first-order valence-electron chi connectivity index (χ1n) is 6.60. The number of carbonyl (C=O) groups is 2. The largest absolute Gasteiger partial charge is 0.478 e. The number of carbonyl (C=O) groups excluding carboxylic acids is 1. The lowest BCUT2D eigenvalue weighted by Crippen LogP contribution is -2.17. The first-order valence-corrected chi connectivity index (χ1v) is 7.39. The van der Waals surface area contributed by atoms with Crippen LogP contribution in [-0.4, -0.2) is 30.1 Å². The molecule has 0 aromatic heterocycles. The number of halogens is 1. The average molecular weight is 341 g/mol. The highest BCUT2D eigenvalue weighted by Crippen LogP contribution is 2.27. The number of amides is 1.